The van der Waals surface area contributed by atoms with E-state index in [0.717, 1.165) is 58.4 Å². The molecular weight excluding hydrogens is 566 g/mol. The highest BCUT2D eigenvalue weighted by molar-refractivity contribution is 7.89. The Balaban J connectivity index is 1.11. The number of benzene rings is 2. The van der Waals surface area contributed by atoms with E-state index in [2.05, 4.69) is 40.5 Å². The normalized spacial score (nSPS) is 24.5. The molecule has 3 aliphatic rings. The van der Waals surface area contributed by atoms with Crippen LogP contribution in [0.15, 0.2) is 47.4 Å². The molecule has 1 amide bonds. The summed E-state index contributed by atoms with van der Waals surface area (Å²) in [5.41, 5.74) is 2.70. The molecule has 2 atom stereocenters. The van der Waals surface area contributed by atoms with Crippen LogP contribution in [0.1, 0.15) is 61.3 Å². The minimum absolute atomic E-state index is 0.0642. The van der Waals surface area contributed by atoms with Crippen LogP contribution in [0.4, 0.5) is 0 Å². The molecule has 43 heavy (non-hydrogen) atoms. The summed E-state index contributed by atoms with van der Waals surface area (Å²) in [6.07, 6.45) is 5.48. The first kappa shape index (κ1) is 31.9. The number of hydrogen-bond acceptors (Lipinski definition) is 7. The maximum absolute atomic E-state index is 13.7. The van der Waals surface area contributed by atoms with Gasteiger partial charge in [0.15, 0.2) is 0 Å². The fourth-order valence-corrected chi connectivity index (χ4v) is 9.36. The molecule has 2 unspecified atom stereocenters. The van der Waals surface area contributed by atoms with Gasteiger partial charge in [0.25, 0.3) is 0 Å². The second-order valence-electron chi connectivity index (χ2n) is 12.2. The SMILES string of the molecule is COc1cc(C)c(S(=O)(=O)N2CCCC2COCC(=O)NC2CCC(C(c3ccccc3)N3CCOCC3)CC2)c(C)c1. The van der Waals surface area contributed by atoms with E-state index in [1.807, 2.05) is 0 Å². The van der Waals surface area contributed by atoms with Crippen LogP contribution < -0.4 is 10.1 Å². The minimum atomic E-state index is -3.70. The van der Waals surface area contributed by atoms with Crippen LogP contribution in [0.25, 0.3) is 0 Å². The number of morpholine rings is 1. The highest BCUT2D eigenvalue weighted by Crippen LogP contribution is 2.39. The zero-order chi connectivity index (χ0) is 30.4. The largest absolute Gasteiger partial charge is 0.497 e. The number of nitrogens with zero attached hydrogens (tertiary/aromatic N) is 2. The predicted molar refractivity (Wildman–Crippen MR) is 166 cm³/mol. The van der Waals surface area contributed by atoms with Crippen molar-refractivity contribution in [3.05, 3.63) is 59.2 Å². The average molecular weight is 614 g/mol. The maximum atomic E-state index is 13.7. The van der Waals surface area contributed by atoms with Crippen molar-refractivity contribution in [3.63, 3.8) is 0 Å². The summed E-state index contributed by atoms with van der Waals surface area (Å²) in [6, 6.07) is 14.5. The third-order valence-electron chi connectivity index (χ3n) is 9.27. The van der Waals surface area contributed by atoms with Gasteiger partial charge in [-0.25, -0.2) is 8.42 Å². The first-order valence-corrected chi connectivity index (χ1v) is 17.1. The van der Waals surface area contributed by atoms with Crippen molar-refractivity contribution in [1.82, 2.24) is 14.5 Å². The van der Waals surface area contributed by atoms with E-state index >= 15 is 0 Å². The fourth-order valence-electron chi connectivity index (χ4n) is 7.27. The average Bonchev–Trinajstić information content (AvgIpc) is 3.48. The summed E-state index contributed by atoms with van der Waals surface area (Å²) in [5, 5.41) is 3.17. The van der Waals surface area contributed by atoms with Gasteiger partial charge in [-0.05, 0) is 87.1 Å². The number of nitrogens with one attached hydrogen (secondary N) is 1. The highest BCUT2D eigenvalue weighted by Gasteiger charge is 2.38. The number of methoxy groups -OCH3 is 1. The van der Waals surface area contributed by atoms with Gasteiger partial charge in [0.2, 0.25) is 15.9 Å². The van der Waals surface area contributed by atoms with Gasteiger partial charge in [-0.15, -0.1) is 0 Å². The van der Waals surface area contributed by atoms with Crippen molar-refractivity contribution < 1.29 is 27.4 Å². The van der Waals surface area contributed by atoms with Gasteiger partial charge in [0, 0.05) is 37.8 Å². The summed E-state index contributed by atoms with van der Waals surface area (Å²) in [4.78, 5) is 15.7. The zero-order valence-electron chi connectivity index (χ0n) is 25.8. The maximum Gasteiger partial charge on any atom is 0.246 e. The second-order valence-corrected chi connectivity index (χ2v) is 14.0. The number of rotatable bonds is 11. The Labute approximate surface area is 256 Å². The molecule has 1 N–H and O–H groups in total. The number of sulfonamides is 1. The van der Waals surface area contributed by atoms with Gasteiger partial charge < -0.3 is 19.5 Å². The van der Waals surface area contributed by atoms with Gasteiger partial charge in [-0.3, -0.25) is 9.69 Å². The number of carbonyl (C=O) groups excluding carboxylic acids is 1. The van der Waals surface area contributed by atoms with Gasteiger partial charge in [-0.2, -0.15) is 4.31 Å². The number of ether oxygens (including phenoxy) is 3. The molecule has 2 saturated heterocycles. The van der Waals surface area contributed by atoms with Crippen molar-refractivity contribution in [1.29, 1.82) is 0 Å². The summed E-state index contributed by atoms with van der Waals surface area (Å²) in [7, 11) is -2.13. The van der Waals surface area contributed by atoms with Crippen LogP contribution in [-0.2, 0) is 24.3 Å². The van der Waals surface area contributed by atoms with E-state index < -0.39 is 10.0 Å². The van der Waals surface area contributed by atoms with Crippen LogP contribution in [0, 0.1) is 19.8 Å². The van der Waals surface area contributed by atoms with Crippen LogP contribution in [0.5, 0.6) is 5.75 Å². The first-order chi connectivity index (χ1) is 20.8. The van der Waals surface area contributed by atoms with Crippen LogP contribution in [0.2, 0.25) is 0 Å². The smallest absolute Gasteiger partial charge is 0.246 e. The van der Waals surface area contributed by atoms with Gasteiger partial charge in [0.05, 0.1) is 31.8 Å². The van der Waals surface area contributed by atoms with Crippen LogP contribution >= 0.6 is 0 Å². The summed E-state index contributed by atoms with van der Waals surface area (Å²) in [5.74, 6) is 1.05. The zero-order valence-corrected chi connectivity index (χ0v) is 26.6. The number of aryl methyl sites for hydroxylation is 2. The van der Waals surface area contributed by atoms with E-state index in [1.165, 1.54) is 5.56 Å². The minimum Gasteiger partial charge on any atom is -0.497 e. The lowest BCUT2D eigenvalue weighted by atomic mass is 9.78. The number of carbonyl (C=O) groups is 1. The van der Waals surface area contributed by atoms with E-state index in [-0.39, 0.29) is 31.2 Å². The fraction of sp³-hybridized carbons (Fsp3) is 0.606. The Hall–Kier alpha value is -2.50. The summed E-state index contributed by atoms with van der Waals surface area (Å²) in [6.45, 7) is 7.64. The third-order valence-corrected chi connectivity index (χ3v) is 11.5. The molecule has 10 heteroatoms. The Morgan fingerprint density at radius 3 is 2.33 bits per heavy atom. The molecule has 0 aromatic heterocycles. The quantitative estimate of drug-likeness (QED) is 0.405. The summed E-state index contributed by atoms with van der Waals surface area (Å²) < 4.78 is 45.6. The number of amides is 1. The first-order valence-electron chi connectivity index (χ1n) is 15.7. The molecule has 1 aliphatic carbocycles. The Morgan fingerprint density at radius 2 is 1.67 bits per heavy atom. The Morgan fingerprint density at radius 1 is 1.00 bits per heavy atom. The molecule has 2 aromatic rings. The van der Waals surface area contributed by atoms with Crippen molar-refractivity contribution in [3.8, 4) is 5.75 Å². The van der Waals surface area contributed by atoms with E-state index in [9.17, 15) is 13.2 Å². The molecule has 3 fully saturated rings. The lowest BCUT2D eigenvalue weighted by Crippen LogP contribution is -2.45. The molecule has 2 aromatic carbocycles. The van der Waals surface area contributed by atoms with E-state index in [0.29, 0.717) is 46.7 Å². The highest BCUT2D eigenvalue weighted by atomic mass is 32.2. The molecule has 1 saturated carbocycles. The van der Waals surface area contributed by atoms with Crippen molar-refractivity contribution >= 4 is 15.9 Å². The molecule has 0 spiro atoms. The third kappa shape index (κ3) is 7.60. The van der Waals surface area contributed by atoms with Crippen molar-refractivity contribution in [2.75, 3.05) is 53.2 Å². The molecule has 236 valence electrons. The van der Waals surface area contributed by atoms with Gasteiger partial charge in [0.1, 0.15) is 12.4 Å². The molecule has 0 bridgehead atoms. The molecule has 5 rings (SSSR count). The Kier molecular flexibility index (Phi) is 10.8. The molecular formula is C33H47N3O6S. The van der Waals surface area contributed by atoms with Gasteiger partial charge >= 0.3 is 0 Å². The molecule has 2 aliphatic heterocycles. The molecule has 9 nitrogen and oxygen atoms in total. The molecule has 2 heterocycles. The van der Waals surface area contributed by atoms with Crippen molar-refractivity contribution in [2.45, 2.75) is 75.4 Å². The topological polar surface area (TPSA) is 97.4 Å². The lowest BCUT2D eigenvalue weighted by Gasteiger charge is -2.42. The lowest BCUT2D eigenvalue weighted by molar-refractivity contribution is -0.127. The van der Waals surface area contributed by atoms with Crippen LogP contribution in [-0.4, -0.2) is 88.8 Å². The standard InChI is InChI=1S/C33H47N3O6S/c1-24-20-30(40-3)21-25(2)33(24)43(38,39)36-15-7-10-29(36)22-42-23-31(37)34-28-13-11-27(12-14-28)32(26-8-5-4-6-9-26)35-16-18-41-19-17-35/h4-6,8-9,20-21,27-29,32H,7,10-19,22-23H2,1-3H3,(H,34,37). The predicted octanol–water partition coefficient (Wildman–Crippen LogP) is 4.23. The van der Waals surface area contributed by atoms with Crippen molar-refractivity contribution in [2.24, 2.45) is 5.92 Å². The monoisotopic (exact) mass is 613 g/mol. The summed E-state index contributed by atoms with van der Waals surface area (Å²) >= 11 is 0. The molecule has 0 radical (unpaired) electrons. The van der Waals surface area contributed by atoms with Gasteiger partial charge in [-0.1, -0.05) is 30.3 Å². The van der Waals surface area contributed by atoms with E-state index in [4.69, 9.17) is 14.2 Å². The number of hydrogen-bond donors (Lipinski definition) is 1. The Bertz CT molecular complexity index is 1300. The van der Waals surface area contributed by atoms with E-state index in [1.54, 1.807) is 37.4 Å². The van der Waals surface area contributed by atoms with Crippen LogP contribution in [0.3, 0.4) is 0 Å². The second kappa shape index (κ2) is 14.5.